The number of nitrogens with zero attached hydrogens (tertiary/aromatic N) is 2. The Balaban J connectivity index is 2.25. The van der Waals surface area contributed by atoms with Crippen LogP contribution in [0.5, 0.6) is 0 Å². The minimum Gasteiger partial charge on any atom is -0.347 e. The van der Waals surface area contributed by atoms with Gasteiger partial charge in [0.25, 0.3) is 0 Å². The molecule has 90 valence electrons. The number of aromatic nitrogens is 2. The monoisotopic (exact) mass is 226 g/mol. The minimum absolute atomic E-state index is 0.0238. The molecule has 1 unspecified atom stereocenters. The van der Waals surface area contributed by atoms with E-state index < -0.39 is 0 Å². The Morgan fingerprint density at radius 2 is 2.31 bits per heavy atom. The molecule has 1 atom stereocenters. The fourth-order valence-corrected chi connectivity index (χ4v) is 1.36. The second-order valence-corrected chi connectivity index (χ2v) is 3.67. The van der Waals surface area contributed by atoms with Crippen molar-refractivity contribution in [1.29, 1.82) is 0 Å². The summed E-state index contributed by atoms with van der Waals surface area (Å²) in [6, 6.07) is 0.175. The number of rotatable bonds is 6. The molecule has 0 fully saturated rings. The van der Waals surface area contributed by atoms with Crippen LogP contribution < -0.4 is 10.6 Å². The fraction of sp³-hybridized carbons (Fsp3) is 0.700. The zero-order valence-electron chi connectivity index (χ0n) is 9.91. The molecule has 0 aliphatic heterocycles. The van der Waals surface area contributed by atoms with Gasteiger partial charge in [-0.2, -0.15) is 4.98 Å². The molecule has 0 radical (unpaired) electrons. The molecule has 0 spiro atoms. The number of carbonyl (C=O) groups is 1. The Labute approximate surface area is 94.8 Å². The summed E-state index contributed by atoms with van der Waals surface area (Å²) in [7, 11) is 0. The maximum Gasteiger partial charge on any atom is 0.246 e. The highest BCUT2D eigenvalue weighted by molar-refractivity contribution is 5.76. The summed E-state index contributed by atoms with van der Waals surface area (Å²) < 4.78 is 4.88. The van der Waals surface area contributed by atoms with Gasteiger partial charge in [0.05, 0.1) is 6.54 Å². The molecule has 0 aliphatic rings. The number of aryl methyl sites for hydroxylation is 1. The van der Waals surface area contributed by atoms with Gasteiger partial charge in [-0.15, -0.1) is 0 Å². The molecule has 0 saturated carbocycles. The topological polar surface area (TPSA) is 80.0 Å². The zero-order chi connectivity index (χ0) is 12.0. The molecule has 1 heterocycles. The quantitative estimate of drug-likeness (QED) is 0.733. The molecule has 1 amide bonds. The van der Waals surface area contributed by atoms with Gasteiger partial charge in [-0.25, -0.2) is 0 Å². The highest BCUT2D eigenvalue weighted by atomic mass is 16.5. The van der Waals surface area contributed by atoms with Crippen LogP contribution in [0.15, 0.2) is 4.52 Å². The summed E-state index contributed by atoms with van der Waals surface area (Å²) >= 11 is 0. The first kappa shape index (κ1) is 12.6. The molecular formula is C10H18N4O2. The van der Waals surface area contributed by atoms with Gasteiger partial charge in [0, 0.05) is 12.5 Å². The van der Waals surface area contributed by atoms with Crippen molar-refractivity contribution < 1.29 is 9.32 Å². The lowest BCUT2D eigenvalue weighted by molar-refractivity contribution is -0.121. The minimum atomic E-state index is -0.0238. The number of nitrogens with one attached hydrogen (secondary N) is 2. The average Bonchev–Trinajstić information content (AvgIpc) is 2.61. The molecule has 2 N–H and O–H groups in total. The lowest BCUT2D eigenvalue weighted by Crippen LogP contribution is -2.33. The molecular weight excluding hydrogens is 208 g/mol. The standard InChI is InChI=1S/C10H18N4O2/c1-4-11-7(2)5-9(15)12-6-10-13-8(3)14-16-10/h7,11H,4-6H2,1-3H3,(H,12,15). The number of carbonyl (C=O) groups excluding carboxylic acids is 1. The highest BCUT2D eigenvalue weighted by Crippen LogP contribution is 1.96. The molecule has 0 saturated heterocycles. The second-order valence-electron chi connectivity index (χ2n) is 3.67. The van der Waals surface area contributed by atoms with Crippen molar-refractivity contribution in [3.8, 4) is 0 Å². The van der Waals surface area contributed by atoms with E-state index in [-0.39, 0.29) is 11.9 Å². The highest BCUT2D eigenvalue weighted by Gasteiger charge is 2.09. The molecule has 0 aliphatic carbocycles. The van der Waals surface area contributed by atoms with Gasteiger partial charge in [0.15, 0.2) is 5.82 Å². The Kier molecular flexibility index (Phi) is 4.91. The van der Waals surface area contributed by atoms with E-state index in [2.05, 4.69) is 20.8 Å². The van der Waals surface area contributed by atoms with E-state index in [1.807, 2.05) is 13.8 Å². The molecule has 1 aromatic rings. The van der Waals surface area contributed by atoms with E-state index in [0.29, 0.717) is 24.7 Å². The Morgan fingerprint density at radius 1 is 1.56 bits per heavy atom. The molecule has 6 nitrogen and oxygen atoms in total. The summed E-state index contributed by atoms with van der Waals surface area (Å²) in [6.45, 7) is 6.87. The van der Waals surface area contributed by atoms with Crippen LogP contribution in [0, 0.1) is 6.92 Å². The van der Waals surface area contributed by atoms with Gasteiger partial charge in [-0.3, -0.25) is 4.79 Å². The first-order valence-electron chi connectivity index (χ1n) is 5.41. The normalized spacial score (nSPS) is 12.4. The van der Waals surface area contributed by atoms with Gasteiger partial charge in [0.2, 0.25) is 11.8 Å². The first-order chi connectivity index (χ1) is 7.61. The van der Waals surface area contributed by atoms with Crippen LogP contribution in [-0.4, -0.2) is 28.6 Å². The van der Waals surface area contributed by atoms with Crippen LogP contribution in [0.2, 0.25) is 0 Å². The Hall–Kier alpha value is -1.43. The third-order valence-electron chi connectivity index (χ3n) is 2.05. The second kappa shape index (κ2) is 6.22. The Morgan fingerprint density at radius 3 is 2.88 bits per heavy atom. The zero-order valence-corrected chi connectivity index (χ0v) is 9.91. The van der Waals surface area contributed by atoms with Gasteiger partial charge in [0.1, 0.15) is 0 Å². The van der Waals surface area contributed by atoms with Gasteiger partial charge in [-0.05, 0) is 20.4 Å². The van der Waals surface area contributed by atoms with E-state index in [1.165, 1.54) is 0 Å². The van der Waals surface area contributed by atoms with Crippen molar-refractivity contribution in [1.82, 2.24) is 20.8 Å². The number of hydrogen-bond donors (Lipinski definition) is 2. The van der Waals surface area contributed by atoms with E-state index in [1.54, 1.807) is 6.92 Å². The van der Waals surface area contributed by atoms with Gasteiger partial charge >= 0.3 is 0 Å². The third kappa shape index (κ3) is 4.39. The average molecular weight is 226 g/mol. The van der Waals surface area contributed by atoms with E-state index in [4.69, 9.17) is 4.52 Å². The van der Waals surface area contributed by atoms with Crippen LogP contribution in [-0.2, 0) is 11.3 Å². The van der Waals surface area contributed by atoms with Crippen molar-refractivity contribution in [3.63, 3.8) is 0 Å². The molecule has 0 aromatic carbocycles. The predicted octanol–water partition coefficient (Wildman–Crippen LogP) is 0.382. The van der Waals surface area contributed by atoms with Crippen molar-refractivity contribution in [2.45, 2.75) is 39.8 Å². The maximum atomic E-state index is 11.5. The van der Waals surface area contributed by atoms with Crippen LogP contribution in [0.3, 0.4) is 0 Å². The molecule has 1 rings (SSSR count). The number of hydrogen-bond acceptors (Lipinski definition) is 5. The van der Waals surface area contributed by atoms with Crippen LogP contribution in [0.25, 0.3) is 0 Å². The first-order valence-corrected chi connectivity index (χ1v) is 5.41. The van der Waals surface area contributed by atoms with E-state index >= 15 is 0 Å². The van der Waals surface area contributed by atoms with Crippen molar-refractivity contribution in [2.24, 2.45) is 0 Å². The lowest BCUT2D eigenvalue weighted by atomic mass is 10.2. The molecule has 1 aromatic heterocycles. The maximum absolute atomic E-state index is 11.5. The molecule has 16 heavy (non-hydrogen) atoms. The summed E-state index contributed by atoms with van der Waals surface area (Å²) in [6.07, 6.45) is 0.445. The fourth-order valence-electron chi connectivity index (χ4n) is 1.36. The van der Waals surface area contributed by atoms with Crippen molar-refractivity contribution >= 4 is 5.91 Å². The van der Waals surface area contributed by atoms with Gasteiger partial charge < -0.3 is 15.2 Å². The summed E-state index contributed by atoms with van der Waals surface area (Å²) in [4.78, 5) is 15.5. The summed E-state index contributed by atoms with van der Waals surface area (Å²) in [5.41, 5.74) is 0. The van der Waals surface area contributed by atoms with Crippen LogP contribution >= 0.6 is 0 Å². The van der Waals surface area contributed by atoms with Crippen LogP contribution in [0.4, 0.5) is 0 Å². The Bertz CT molecular complexity index is 337. The summed E-state index contributed by atoms with van der Waals surface area (Å²) in [5, 5.41) is 9.53. The van der Waals surface area contributed by atoms with E-state index in [0.717, 1.165) is 6.54 Å². The SMILES string of the molecule is CCNC(C)CC(=O)NCc1nc(C)no1. The smallest absolute Gasteiger partial charge is 0.246 e. The number of amides is 1. The molecule has 6 heteroatoms. The lowest BCUT2D eigenvalue weighted by Gasteiger charge is -2.11. The predicted molar refractivity (Wildman–Crippen MR) is 58.6 cm³/mol. The largest absolute Gasteiger partial charge is 0.347 e. The summed E-state index contributed by atoms with van der Waals surface area (Å²) in [5.74, 6) is 0.983. The van der Waals surface area contributed by atoms with Gasteiger partial charge in [-0.1, -0.05) is 12.1 Å². The van der Waals surface area contributed by atoms with E-state index in [9.17, 15) is 4.79 Å². The molecule has 0 bridgehead atoms. The van der Waals surface area contributed by atoms with Crippen LogP contribution in [0.1, 0.15) is 32.0 Å². The third-order valence-corrected chi connectivity index (χ3v) is 2.05. The van der Waals surface area contributed by atoms with Crippen molar-refractivity contribution in [2.75, 3.05) is 6.54 Å². The van der Waals surface area contributed by atoms with Crippen molar-refractivity contribution in [3.05, 3.63) is 11.7 Å².